The first-order chi connectivity index (χ1) is 20.0. The Bertz CT molecular complexity index is 1330. The quantitative estimate of drug-likeness (QED) is 0.342. The number of hydrogen-bond donors (Lipinski definition) is 0. The van der Waals surface area contributed by atoms with Gasteiger partial charge in [0.1, 0.15) is 18.2 Å². The summed E-state index contributed by atoms with van der Waals surface area (Å²) in [5.74, 6) is 0.346. The number of alkyl halides is 3. The summed E-state index contributed by atoms with van der Waals surface area (Å²) in [6.07, 6.45) is 1.47. The fourth-order valence-corrected chi connectivity index (χ4v) is 6.15. The summed E-state index contributed by atoms with van der Waals surface area (Å²) >= 11 is 0. The van der Waals surface area contributed by atoms with E-state index in [1.54, 1.807) is 30.5 Å². The Labute approximate surface area is 243 Å². The molecule has 2 aromatic heterocycles. The second kappa shape index (κ2) is 12.2. The molecule has 2 aliphatic rings. The molecule has 224 valence electrons. The smallest absolute Gasteiger partial charge is 0.469 e. The molecule has 5 rings (SSSR count). The molecule has 8 nitrogen and oxygen atoms in total. The molecule has 2 fully saturated rings. The highest BCUT2D eigenvalue weighted by Gasteiger charge is 2.40. The fourth-order valence-electron chi connectivity index (χ4n) is 6.15. The maximum Gasteiger partial charge on any atom is 0.573 e. The molecule has 2 aliphatic heterocycles. The minimum absolute atomic E-state index is 0.00692. The van der Waals surface area contributed by atoms with Crippen LogP contribution in [0.15, 0.2) is 55.0 Å². The van der Waals surface area contributed by atoms with Gasteiger partial charge in [0.05, 0.1) is 17.0 Å². The van der Waals surface area contributed by atoms with Gasteiger partial charge < -0.3 is 14.4 Å². The third-order valence-electron chi connectivity index (χ3n) is 8.63. The van der Waals surface area contributed by atoms with Crippen molar-refractivity contribution < 1.29 is 27.4 Å². The monoisotopic (exact) mass is 583 g/mol. The van der Waals surface area contributed by atoms with Gasteiger partial charge in [0.25, 0.3) is 5.91 Å². The van der Waals surface area contributed by atoms with Crippen LogP contribution in [-0.4, -0.2) is 68.7 Å². The SMILES string of the molecule is Cc1ncnc(C)c1C(=O)N1CCC(C)(N2CCC(C(Oc3ccccn3)c3ccc(OC(F)(F)F)cc3)CC2)CC1. The number of piperidine rings is 2. The van der Waals surface area contributed by atoms with Crippen LogP contribution in [0, 0.1) is 19.8 Å². The van der Waals surface area contributed by atoms with E-state index < -0.39 is 6.36 Å². The Kier molecular flexibility index (Phi) is 8.68. The lowest BCUT2D eigenvalue weighted by atomic mass is 9.82. The van der Waals surface area contributed by atoms with E-state index in [1.165, 1.54) is 18.5 Å². The van der Waals surface area contributed by atoms with E-state index in [1.807, 2.05) is 24.8 Å². The van der Waals surface area contributed by atoms with Crippen molar-refractivity contribution in [3.63, 3.8) is 0 Å². The van der Waals surface area contributed by atoms with Gasteiger partial charge in [0.2, 0.25) is 5.88 Å². The third kappa shape index (κ3) is 6.83. The largest absolute Gasteiger partial charge is 0.573 e. The second-order valence-corrected chi connectivity index (χ2v) is 11.4. The van der Waals surface area contributed by atoms with Crippen molar-refractivity contribution >= 4 is 5.91 Å². The average molecular weight is 584 g/mol. The van der Waals surface area contributed by atoms with Crippen molar-refractivity contribution in [3.05, 3.63) is 77.5 Å². The van der Waals surface area contributed by atoms with Gasteiger partial charge in [-0.05, 0) is 83.3 Å². The van der Waals surface area contributed by atoms with Gasteiger partial charge in [-0.15, -0.1) is 13.2 Å². The van der Waals surface area contributed by atoms with E-state index in [0.29, 0.717) is 35.9 Å². The number of likely N-dealkylation sites (tertiary alicyclic amines) is 2. The molecule has 2 saturated heterocycles. The summed E-state index contributed by atoms with van der Waals surface area (Å²) in [6, 6.07) is 11.4. The molecule has 0 radical (unpaired) electrons. The van der Waals surface area contributed by atoms with Crippen LogP contribution in [0.2, 0.25) is 0 Å². The number of aryl methyl sites for hydroxylation is 2. The van der Waals surface area contributed by atoms with Crippen molar-refractivity contribution in [2.45, 2.75) is 64.5 Å². The summed E-state index contributed by atoms with van der Waals surface area (Å²) in [7, 11) is 0. The van der Waals surface area contributed by atoms with Gasteiger partial charge in [0, 0.05) is 36.8 Å². The average Bonchev–Trinajstić information content (AvgIpc) is 2.96. The maximum absolute atomic E-state index is 13.3. The summed E-state index contributed by atoms with van der Waals surface area (Å²) < 4.78 is 48.5. The molecule has 3 aromatic rings. The summed E-state index contributed by atoms with van der Waals surface area (Å²) in [5.41, 5.74) is 2.74. The van der Waals surface area contributed by atoms with E-state index in [-0.39, 0.29) is 29.2 Å². The van der Waals surface area contributed by atoms with Crippen LogP contribution in [0.4, 0.5) is 13.2 Å². The predicted molar refractivity (Wildman–Crippen MR) is 150 cm³/mol. The Balaban J connectivity index is 1.23. The van der Waals surface area contributed by atoms with E-state index in [2.05, 4.69) is 31.5 Å². The van der Waals surface area contributed by atoms with Gasteiger partial charge in [0.15, 0.2) is 0 Å². The van der Waals surface area contributed by atoms with Crippen molar-refractivity contribution in [2.75, 3.05) is 26.2 Å². The third-order valence-corrected chi connectivity index (χ3v) is 8.63. The van der Waals surface area contributed by atoms with E-state index in [0.717, 1.165) is 44.3 Å². The molecule has 1 unspecified atom stereocenters. The van der Waals surface area contributed by atoms with Crippen LogP contribution in [0.5, 0.6) is 11.6 Å². The number of ether oxygens (including phenoxy) is 2. The van der Waals surface area contributed by atoms with E-state index in [4.69, 9.17) is 4.74 Å². The normalized spacial score (nSPS) is 18.9. The van der Waals surface area contributed by atoms with Crippen LogP contribution in [0.3, 0.4) is 0 Å². The minimum Gasteiger partial charge on any atom is -0.469 e. The number of carbonyl (C=O) groups is 1. The van der Waals surface area contributed by atoms with Crippen LogP contribution in [0.1, 0.15) is 66.0 Å². The van der Waals surface area contributed by atoms with Crippen molar-refractivity contribution in [2.24, 2.45) is 5.92 Å². The lowest BCUT2D eigenvalue weighted by molar-refractivity contribution is -0.274. The molecule has 0 saturated carbocycles. The number of carbonyl (C=O) groups excluding carboxylic acids is 1. The number of rotatable bonds is 7. The number of amides is 1. The molecular formula is C31H36F3N5O3. The van der Waals surface area contributed by atoms with Gasteiger partial charge in [-0.3, -0.25) is 9.69 Å². The van der Waals surface area contributed by atoms with Crippen LogP contribution in [-0.2, 0) is 0 Å². The van der Waals surface area contributed by atoms with E-state index in [9.17, 15) is 18.0 Å². The molecule has 0 spiro atoms. The second-order valence-electron chi connectivity index (χ2n) is 11.4. The summed E-state index contributed by atoms with van der Waals surface area (Å²) in [4.78, 5) is 30.4. The maximum atomic E-state index is 13.3. The Morgan fingerprint density at radius 2 is 1.60 bits per heavy atom. The Morgan fingerprint density at radius 3 is 2.17 bits per heavy atom. The zero-order chi connectivity index (χ0) is 29.9. The minimum atomic E-state index is -4.74. The van der Waals surface area contributed by atoms with Crippen LogP contribution < -0.4 is 9.47 Å². The number of benzene rings is 1. The molecular weight excluding hydrogens is 547 g/mol. The zero-order valence-electron chi connectivity index (χ0n) is 24.1. The number of halogens is 3. The molecule has 0 aliphatic carbocycles. The van der Waals surface area contributed by atoms with Crippen molar-refractivity contribution in [1.29, 1.82) is 0 Å². The highest BCUT2D eigenvalue weighted by atomic mass is 19.4. The summed E-state index contributed by atoms with van der Waals surface area (Å²) in [6.45, 7) is 9.01. The molecule has 1 aromatic carbocycles. The number of pyridine rings is 1. The number of hydrogen-bond acceptors (Lipinski definition) is 7. The van der Waals surface area contributed by atoms with E-state index >= 15 is 0 Å². The zero-order valence-corrected chi connectivity index (χ0v) is 24.1. The molecule has 11 heteroatoms. The van der Waals surface area contributed by atoms with Crippen molar-refractivity contribution in [3.8, 4) is 11.6 Å². The molecule has 1 amide bonds. The van der Waals surface area contributed by atoms with Gasteiger partial charge >= 0.3 is 6.36 Å². The van der Waals surface area contributed by atoms with Gasteiger partial charge in [-0.25, -0.2) is 15.0 Å². The standard InChI is InChI=1S/C31H36F3N5O3/c1-21-27(22(2)37-20-36-21)29(40)38-18-13-30(3,14-19-38)39-16-11-24(12-17-39)28(41-26-6-4-5-15-35-26)23-7-9-25(10-8-23)42-31(32,33)34/h4-10,15,20,24,28H,11-14,16-19H2,1-3H3. The first-order valence-corrected chi connectivity index (χ1v) is 14.3. The van der Waals surface area contributed by atoms with Crippen LogP contribution in [0.25, 0.3) is 0 Å². The summed E-state index contributed by atoms with van der Waals surface area (Å²) in [5, 5.41) is 0. The topological polar surface area (TPSA) is 80.7 Å². The molecule has 1 atom stereocenters. The highest BCUT2D eigenvalue weighted by Crippen LogP contribution is 2.39. The molecule has 42 heavy (non-hydrogen) atoms. The Hall–Kier alpha value is -3.73. The lowest BCUT2D eigenvalue weighted by Crippen LogP contribution is -2.56. The molecule has 4 heterocycles. The Morgan fingerprint density at radius 1 is 0.952 bits per heavy atom. The molecule has 0 N–H and O–H groups in total. The van der Waals surface area contributed by atoms with Crippen LogP contribution >= 0.6 is 0 Å². The number of aromatic nitrogens is 3. The number of nitrogens with zero attached hydrogens (tertiary/aromatic N) is 5. The predicted octanol–water partition coefficient (Wildman–Crippen LogP) is 5.91. The fraction of sp³-hybridized carbons (Fsp3) is 0.484. The lowest BCUT2D eigenvalue weighted by Gasteiger charge is -2.49. The highest BCUT2D eigenvalue weighted by molar-refractivity contribution is 5.96. The van der Waals surface area contributed by atoms with Gasteiger partial charge in [-0.2, -0.15) is 0 Å². The first kappa shape index (κ1) is 29.8. The first-order valence-electron chi connectivity index (χ1n) is 14.3. The van der Waals surface area contributed by atoms with Gasteiger partial charge in [-0.1, -0.05) is 18.2 Å². The van der Waals surface area contributed by atoms with Crippen molar-refractivity contribution in [1.82, 2.24) is 24.8 Å². The molecule has 0 bridgehead atoms.